The molecule has 0 N–H and O–H groups in total. The highest BCUT2D eigenvalue weighted by molar-refractivity contribution is 5.91. The molecule has 8 nitrogen and oxygen atoms in total. The Bertz CT molecular complexity index is 699. The highest BCUT2D eigenvalue weighted by Crippen LogP contribution is 2.19. The van der Waals surface area contributed by atoms with Crippen molar-refractivity contribution in [1.82, 2.24) is 19.8 Å². The van der Waals surface area contributed by atoms with Crippen LogP contribution in [0.5, 0.6) is 0 Å². The van der Waals surface area contributed by atoms with Gasteiger partial charge in [-0.1, -0.05) is 6.58 Å². The van der Waals surface area contributed by atoms with Crippen LogP contribution in [0.1, 0.15) is 19.5 Å². The van der Waals surface area contributed by atoms with Crippen molar-refractivity contribution in [3.63, 3.8) is 0 Å². The number of nitrogens with zero attached hydrogens (tertiary/aromatic N) is 6. The first-order valence-electron chi connectivity index (χ1n) is 8.18. The summed E-state index contributed by atoms with van der Waals surface area (Å²) in [5.41, 5.74) is 0.281. The van der Waals surface area contributed by atoms with Crippen molar-refractivity contribution in [2.45, 2.75) is 19.9 Å². The van der Waals surface area contributed by atoms with E-state index < -0.39 is 0 Å². The van der Waals surface area contributed by atoms with Crippen LogP contribution in [0.3, 0.4) is 0 Å². The lowest BCUT2D eigenvalue weighted by Gasteiger charge is -2.41. The minimum Gasteiger partial charge on any atom is -0.350 e. The zero-order valence-corrected chi connectivity index (χ0v) is 14.6. The van der Waals surface area contributed by atoms with Crippen molar-refractivity contribution in [2.75, 3.05) is 37.6 Å². The third-order valence-corrected chi connectivity index (χ3v) is 4.23. The number of nitriles is 1. The Labute approximate surface area is 147 Å². The Morgan fingerprint density at radius 3 is 2.76 bits per heavy atom. The number of amides is 2. The molecule has 1 aliphatic rings. The highest BCUT2D eigenvalue weighted by Gasteiger charge is 2.30. The maximum atomic E-state index is 12.6. The number of likely N-dealkylation sites (N-methyl/N-ethyl adjacent to an activating group) is 1. The Balaban J connectivity index is 2.04. The molecule has 1 fully saturated rings. The molecule has 0 radical (unpaired) electrons. The molecule has 1 aliphatic heterocycles. The molecule has 0 bridgehead atoms. The van der Waals surface area contributed by atoms with E-state index in [9.17, 15) is 9.59 Å². The second-order valence-electron chi connectivity index (χ2n) is 5.78. The van der Waals surface area contributed by atoms with Gasteiger partial charge >= 0.3 is 0 Å². The van der Waals surface area contributed by atoms with E-state index in [1.807, 2.05) is 24.8 Å². The van der Waals surface area contributed by atoms with Crippen LogP contribution >= 0.6 is 0 Å². The average Bonchev–Trinajstić information content (AvgIpc) is 2.65. The number of carbonyl (C=O) groups is 2. The van der Waals surface area contributed by atoms with Gasteiger partial charge in [-0.3, -0.25) is 9.59 Å². The third-order valence-electron chi connectivity index (χ3n) is 4.23. The smallest absolute Gasteiger partial charge is 0.246 e. The summed E-state index contributed by atoms with van der Waals surface area (Å²) < 4.78 is 0. The summed E-state index contributed by atoms with van der Waals surface area (Å²) >= 11 is 0. The van der Waals surface area contributed by atoms with Crippen LogP contribution in [-0.4, -0.2) is 70.3 Å². The van der Waals surface area contributed by atoms with Crippen LogP contribution in [0.2, 0.25) is 0 Å². The minimum absolute atomic E-state index is 0.0419. The largest absolute Gasteiger partial charge is 0.350 e. The number of hydrogen-bond acceptors (Lipinski definition) is 6. The number of rotatable bonds is 5. The fraction of sp³-hybridized carbons (Fsp3) is 0.471. The van der Waals surface area contributed by atoms with Gasteiger partial charge in [-0.05, 0) is 19.9 Å². The molecular formula is C17H22N6O2. The van der Waals surface area contributed by atoms with Crippen molar-refractivity contribution < 1.29 is 9.59 Å². The van der Waals surface area contributed by atoms with E-state index in [-0.39, 0.29) is 30.1 Å². The number of carbonyl (C=O) groups excluding carboxylic acids is 2. The van der Waals surface area contributed by atoms with Gasteiger partial charge in [0.1, 0.15) is 12.6 Å². The van der Waals surface area contributed by atoms with Gasteiger partial charge in [-0.25, -0.2) is 9.97 Å². The summed E-state index contributed by atoms with van der Waals surface area (Å²) in [7, 11) is 0. The fourth-order valence-corrected chi connectivity index (χ4v) is 2.89. The summed E-state index contributed by atoms with van der Waals surface area (Å²) in [4.78, 5) is 37.8. The predicted molar refractivity (Wildman–Crippen MR) is 92.6 cm³/mol. The van der Waals surface area contributed by atoms with Crippen molar-refractivity contribution in [2.24, 2.45) is 0 Å². The lowest BCUT2D eigenvalue weighted by Crippen LogP contribution is -2.56. The normalized spacial score (nSPS) is 16.9. The van der Waals surface area contributed by atoms with Gasteiger partial charge in [0.05, 0.1) is 0 Å². The molecule has 0 spiro atoms. The summed E-state index contributed by atoms with van der Waals surface area (Å²) in [6.07, 6.45) is 4.26. The molecule has 0 saturated carbocycles. The van der Waals surface area contributed by atoms with Gasteiger partial charge in [0.15, 0.2) is 11.5 Å². The first-order valence-corrected chi connectivity index (χ1v) is 8.18. The lowest BCUT2D eigenvalue weighted by atomic mass is 10.1. The molecule has 2 amide bonds. The summed E-state index contributed by atoms with van der Waals surface area (Å²) in [5.74, 6) is 0.199. The highest BCUT2D eigenvalue weighted by atomic mass is 16.2. The van der Waals surface area contributed by atoms with E-state index in [2.05, 4.69) is 16.5 Å². The molecule has 1 unspecified atom stereocenters. The Morgan fingerprint density at radius 1 is 1.44 bits per heavy atom. The zero-order valence-electron chi connectivity index (χ0n) is 14.6. The maximum absolute atomic E-state index is 12.6. The van der Waals surface area contributed by atoms with Crippen molar-refractivity contribution in [1.29, 1.82) is 5.26 Å². The number of anilines is 1. The number of hydrogen-bond donors (Lipinski definition) is 0. The molecule has 1 aromatic rings. The quantitative estimate of drug-likeness (QED) is 0.720. The van der Waals surface area contributed by atoms with E-state index in [1.54, 1.807) is 11.1 Å². The molecule has 1 saturated heterocycles. The number of aromatic nitrogens is 2. The Hall–Kier alpha value is -2.95. The summed E-state index contributed by atoms with van der Waals surface area (Å²) in [6, 6.07) is 1.98. The van der Waals surface area contributed by atoms with Gasteiger partial charge in [-0.2, -0.15) is 5.26 Å². The second-order valence-corrected chi connectivity index (χ2v) is 5.78. The molecule has 132 valence electrons. The van der Waals surface area contributed by atoms with Crippen LogP contribution in [0.15, 0.2) is 25.0 Å². The van der Waals surface area contributed by atoms with Crippen LogP contribution in [0.4, 0.5) is 5.82 Å². The molecular weight excluding hydrogens is 320 g/mol. The molecule has 2 rings (SSSR count). The van der Waals surface area contributed by atoms with Gasteiger partial charge < -0.3 is 14.7 Å². The Kier molecular flexibility index (Phi) is 6.06. The monoisotopic (exact) mass is 342 g/mol. The molecule has 0 aliphatic carbocycles. The van der Waals surface area contributed by atoms with Crippen LogP contribution in [0, 0.1) is 11.3 Å². The predicted octanol–water partition coefficient (Wildman–Crippen LogP) is 0.420. The molecule has 1 aromatic heterocycles. The van der Waals surface area contributed by atoms with E-state index in [4.69, 9.17) is 5.26 Å². The van der Waals surface area contributed by atoms with Crippen LogP contribution in [-0.2, 0) is 9.59 Å². The van der Waals surface area contributed by atoms with E-state index in [1.165, 1.54) is 17.2 Å². The van der Waals surface area contributed by atoms with E-state index >= 15 is 0 Å². The minimum atomic E-state index is -0.250. The maximum Gasteiger partial charge on any atom is 0.246 e. The third kappa shape index (κ3) is 4.12. The van der Waals surface area contributed by atoms with Crippen molar-refractivity contribution in [3.8, 4) is 6.07 Å². The van der Waals surface area contributed by atoms with Gasteiger partial charge in [-0.15, -0.1) is 0 Å². The standard InChI is InChI=1S/C17H22N6O2/c1-4-15(24)21(5-2)12-16(25)23-9-8-22(11-13(23)3)17-14(10-18)19-6-7-20-17/h4,6-7,13H,1,5,8-9,11-12H2,2-3H3. The second kappa shape index (κ2) is 8.24. The van der Waals surface area contributed by atoms with Gasteiger partial charge in [0, 0.05) is 44.6 Å². The molecule has 1 atom stereocenters. The van der Waals surface area contributed by atoms with Crippen molar-refractivity contribution >= 4 is 17.6 Å². The van der Waals surface area contributed by atoms with Crippen molar-refractivity contribution in [3.05, 3.63) is 30.7 Å². The lowest BCUT2D eigenvalue weighted by molar-refractivity contribution is -0.139. The zero-order chi connectivity index (χ0) is 18.4. The molecule has 0 aromatic carbocycles. The van der Waals surface area contributed by atoms with Gasteiger partial charge in [0.25, 0.3) is 0 Å². The molecule has 8 heteroatoms. The SMILES string of the molecule is C=CC(=O)N(CC)CC(=O)N1CCN(c2nccnc2C#N)CC1C. The summed E-state index contributed by atoms with van der Waals surface area (Å²) in [5, 5.41) is 9.17. The fourth-order valence-electron chi connectivity index (χ4n) is 2.89. The van der Waals surface area contributed by atoms with Crippen LogP contribution < -0.4 is 4.90 Å². The van der Waals surface area contributed by atoms with E-state index in [0.717, 1.165) is 0 Å². The Morgan fingerprint density at radius 2 is 2.16 bits per heavy atom. The average molecular weight is 342 g/mol. The molecule has 2 heterocycles. The molecule has 25 heavy (non-hydrogen) atoms. The van der Waals surface area contributed by atoms with Gasteiger partial charge in [0.2, 0.25) is 11.8 Å². The van der Waals surface area contributed by atoms with E-state index in [0.29, 0.717) is 32.0 Å². The first-order chi connectivity index (χ1) is 12.0. The first kappa shape index (κ1) is 18.4. The van der Waals surface area contributed by atoms with Crippen LogP contribution in [0.25, 0.3) is 0 Å². The number of piperazine rings is 1. The topological polar surface area (TPSA) is 93.4 Å². The summed E-state index contributed by atoms with van der Waals surface area (Å²) in [6.45, 7) is 9.35.